The smallest absolute Gasteiger partial charge is 0.336 e. The van der Waals surface area contributed by atoms with Crippen molar-refractivity contribution in [2.75, 3.05) is 14.2 Å². The molecule has 0 aliphatic rings. The molecule has 0 heterocycles. The maximum absolute atomic E-state index is 11.7. The number of carbonyl (C=O) groups is 1. The molecule has 0 fully saturated rings. The van der Waals surface area contributed by atoms with Crippen LogP contribution in [0.1, 0.15) is 25.0 Å². The topological polar surface area (TPSA) is 65.0 Å². The molecule has 0 amide bonds. The highest BCUT2D eigenvalue weighted by Gasteiger charge is 2.14. The minimum absolute atomic E-state index is 0.0454. The van der Waals surface area contributed by atoms with Gasteiger partial charge >= 0.3 is 5.97 Å². The summed E-state index contributed by atoms with van der Waals surface area (Å²) in [5, 5.41) is 9.62. The van der Waals surface area contributed by atoms with Crippen LogP contribution < -0.4 is 14.2 Å². The number of carboxylic acids is 1. The summed E-state index contributed by atoms with van der Waals surface area (Å²) in [6.07, 6.45) is 1.65. The zero-order valence-corrected chi connectivity index (χ0v) is 14.8. The van der Waals surface area contributed by atoms with Crippen molar-refractivity contribution in [2.24, 2.45) is 0 Å². The third-order valence-electron chi connectivity index (χ3n) is 3.47. The van der Waals surface area contributed by atoms with Gasteiger partial charge in [-0.2, -0.15) is 0 Å². The zero-order valence-electron chi connectivity index (χ0n) is 14.8. The van der Waals surface area contributed by atoms with E-state index in [2.05, 4.69) is 0 Å². The Balaban J connectivity index is 2.45. The lowest BCUT2D eigenvalue weighted by Crippen LogP contribution is -2.05. The second kappa shape index (κ2) is 8.24. The highest BCUT2D eigenvalue weighted by molar-refractivity contribution is 6.20. The van der Waals surface area contributed by atoms with Gasteiger partial charge in [0, 0.05) is 0 Å². The van der Waals surface area contributed by atoms with Gasteiger partial charge in [-0.3, -0.25) is 0 Å². The van der Waals surface area contributed by atoms with Crippen molar-refractivity contribution >= 4 is 17.6 Å². The van der Waals surface area contributed by atoms with Crippen molar-refractivity contribution in [3.05, 3.63) is 53.6 Å². The first-order chi connectivity index (χ1) is 11.9. The molecular weight excluding hydrogens is 320 g/mol. The van der Waals surface area contributed by atoms with Gasteiger partial charge in [0.1, 0.15) is 5.75 Å². The van der Waals surface area contributed by atoms with Crippen LogP contribution in [-0.4, -0.2) is 31.4 Å². The Morgan fingerprint density at radius 3 is 2.36 bits per heavy atom. The van der Waals surface area contributed by atoms with Crippen LogP contribution in [0, 0.1) is 0 Å². The zero-order chi connectivity index (χ0) is 18.4. The third-order valence-corrected chi connectivity index (χ3v) is 3.47. The first-order valence-electron chi connectivity index (χ1n) is 7.88. The summed E-state index contributed by atoms with van der Waals surface area (Å²) in [4.78, 5) is 11.7. The van der Waals surface area contributed by atoms with Crippen LogP contribution in [0.25, 0.3) is 11.6 Å². The summed E-state index contributed by atoms with van der Waals surface area (Å²) in [6, 6.07) is 12.3. The molecule has 0 aromatic heterocycles. The molecule has 1 N–H and O–H groups in total. The van der Waals surface area contributed by atoms with Gasteiger partial charge in [-0.1, -0.05) is 18.2 Å². The van der Waals surface area contributed by atoms with E-state index in [1.165, 1.54) is 14.2 Å². The quantitative estimate of drug-likeness (QED) is 0.606. The van der Waals surface area contributed by atoms with E-state index in [-0.39, 0.29) is 11.7 Å². The minimum atomic E-state index is -1.03. The van der Waals surface area contributed by atoms with Gasteiger partial charge in [0.25, 0.3) is 0 Å². The molecule has 0 aliphatic heterocycles. The van der Waals surface area contributed by atoms with Crippen molar-refractivity contribution in [2.45, 2.75) is 20.0 Å². The molecule has 0 saturated heterocycles. The predicted octanol–water partition coefficient (Wildman–Crippen LogP) is 4.12. The third kappa shape index (κ3) is 4.76. The lowest BCUT2D eigenvalue weighted by molar-refractivity contribution is -0.130. The Morgan fingerprint density at radius 1 is 1.04 bits per heavy atom. The average molecular weight is 342 g/mol. The largest absolute Gasteiger partial charge is 0.493 e. The second-order valence-electron chi connectivity index (χ2n) is 5.67. The summed E-state index contributed by atoms with van der Waals surface area (Å²) in [5.41, 5.74) is 1.42. The van der Waals surface area contributed by atoms with E-state index in [0.29, 0.717) is 22.8 Å². The van der Waals surface area contributed by atoms with E-state index in [0.717, 1.165) is 5.56 Å². The van der Waals surface area contributed by atoms with E-state index >= 15 is 0 Å². The van der Waals surface area contributed by atoms with E-state index in [1.807, 2.05) is 38.1 Å². The molecule has 0 atom stereocenters. The van der Waals surface area contributed by atoms with Crippen LogP contribution >= 0.6 is 0 Å². The standard InChI is InChI=1S/C20H22O5/c1-13(2)25-16-7-5-6-14(10-16)11-17(20(21)22)15-8-9-18(23-3)19(12-15)24-4/h5-13H,1-4H3,(H,21,22)/b17-11-. The molecule has 132 valence electrons. The molecule has 0 unspecified atom stereocenters. The van der Waals surface area contributed by atoms with E-state index in [9.17, 15) is 9.90 Å². The van der Waals surface area contributed by atoms with Gasteiger partial charge in [-0.05, 0) is 55.3 Å². The molecule has 0 saturated carbocycles. The average Bonchev–Trinajstić information content (AvgIpc) is 2.58. The molecule has 0 aliphatic carbocycles. The summed E-state index contributed by atoms with van der Waals surface area (Å²) in [7, 11) is 3.05. The molecule has 2 aromatic rings. The molecule has 0 radical (unpaired) electrons. The van der Waals surface area contributed by atoms with Gasteiger partial charge in [0.05, 0.1) is 25.9 Å². The Labute approximate surface area is 147 Å². The van der Waals surface area contributed by atoms with Crippen LogP contribution in [0.2, 0.25) is 0 Å². The molecule has 5 heteroatoms. The molecule has 5 nitrogen and oxygen atoms in total. The fourth-order valence-electron chi connectivity index (χ4n) is 2.39. The maximum atomic E-state index is 11.7. The van der Waals surface area contributed by atoms with E-state index < -0.39 is 5.97 Å². The van der Waals surface area contributed by atoms with Crippen molar-refractivity contribution in [3.8, 4) is 17.2 Å². The normalized spacial score (nSPS) is 11.3. The Kier molecular flexibility index (Phi) is 6.06. The lowest BCUT2D eigenvalue weighted by atomic mass is 10.0. The first-order valence-corrected chi connectivity index (χ1v) is 7.88. The van der Waals surface area contributed by atoms with Crippen molar-refractivity contribution in [1.82, 2.24) is 0 Å². The van der Waals surface area contributed by atoms with Gasteiger partial charge in [0.2, 0.25) is 0 Å². The van der Waals surface area contributed by atoms with Gasteiger partial charge in [-0.15, -0.1) is 0 Å². The van der Waals surface area contributed by atoms with Crippen LogP contribution in [0.3, 0.4) is 0 Å². The number of methoxy groups -OCH3 is 2. The second-order valence-corrected chi connectivity index (χ2v) is 5.67. The number of rotatable bonds is 7. The number of benzene rings is 2. The van der Waals surface area contributed by atoms with Crippen molar-refractivity contribution < 1.29 is 24.1 Å². The number of carboxylic acid groups (broad SMARTS) is 1. The first kappa shape index (κ1) is 18.4. The number of aliphatic carboxylic acids is 1. The van der Waals surface area contributed by atoms with Gasteiger partial charge < -0.3 is 19.3 Å². The molecule has 2 aromatic carbocycles. The molecular formula is C20H22O5. The Bertz CT molecular complexity index is 777. The Morgan fingerprint density at radius 2 is 1.76 bits per heavy atom. The highest BCUT2D eigenvalue weighted by atomic mass is 16.5. The summed E-state index contributed by atoms with van der Waals surface area (Å²) < 4.78 is 16.1. The monoisotopic (exact) mass is 342 g/mol. The fourth-order valence-corrected chi connectivity index (χ4v) is 2.39. The molecule has 2 rings (SSSR count). The number of hydrogen-bond donors (Lipinski definition) is 1. The molecule has 0 spiro atoms. The van der Waals surface area contributed by atoms with Gasteiger partial charge in [-0.25, -0.2) is 4.79 Å². The van der Waals surface area contributed by atoms with Gasteiger partial charge in [0.15, 0.2) is 11.5 Å². The van der Waals surface area contributed by atoms with Crippen molar-refractivity contribution in [1.29, 1.82) is 0 Å². The van der Waals surface area contributed by atoms with Crippen LogP contribution in [0.15, 0.2) is 42.5 Å². The summed E-state index contributed by atoms with van der Waals surface area (Å²) in [6.45, 7) is 3.88. The van der Waals surface area contributed by atoms with E-state index in [4.69, 9.17) is 14.2 Å². The fraction of sp³-hybridized carbons (Fsp3) is 0.250. The summed E-state index contributed by atoms with van der Waals surface area (Å²) in [5.74, 6) is 0.690. The van der Waals surface area contributed by atoms with Crippen LogP contribution in [0.5, 0.6) is 17.2 Å². The van der Waals surface area contributed by atoms with Crippen LogP contribution in [0.4, 0.5) is 0 Å². The minimum Gasteiger partial charge on any atom is -0.493 e. The van der Waals surface area contributed by atoms with Crippen LogP contribution in [-0.2, 0) is 4.79 Å². The summed E-state index contributed by atoms with van der Waals surface area (Å²) >= 11 is 0. The number of hydrogen-bond acceptors (Lipinski definition) is 4. The highest BCUT2D eigenvalue weighted by Crippen LogP contribution is 2.31. The lowest BCUT2D eigenvalue weighted by Gasteiger charge is -2.11. The molecule has 0 bridgehead atoms. The van der Waals surface area contributed by atoms with Crippen molar-refractivity contribution in [3.63, 3.8) is 0 Å². The number of ether oxygens (including phenoxy) is 3. The maximum Gasteiger partial charge on any atom is 0.336 e. The Hall–Kier alpha value is -2.95. The molecule has 25 heavy (non-hydrogen) atoms. The SMILES string of the molecule is COc1ccc(/C(=C/c2cccc(OC(C)C)c2)C(=O)O)cc1OC. The van der Waals surface area contributed by atoms with E-state index in [1.54, 1.807) is 24.3 Å². The predicted molar refractivity (Wildman–Crippen MR) is 97.3 cm³/mol.